The molecule has 0 aromatic carbocycles. The molecule has 0 aliphatic carbocycles. The van der Waals surface area contributed by atoms with Crippen LogP contribution in [0.2, 0.25) is 0 Å². The molecule has 2 saturated heterocycles. The van der Waals surface area contributed by atoms with Gasteiger partial charge in [0.25, 0.3) is 0 Å². The van der Waals surface area contributed by atoms with Crippen molar-refractivity contribution in [3.05, 3.63) is 0 Å². The highest BCUT2D eigenvalue weighted by molar-refractivity contribution is 5.15. The maximum atomic E-state index is 10.2. The summed E-state index contributed by atoms with van der Waals surface area (Å²) in [5.74, 6) is -0.642. The van der Waals surface area contributed by atoms with Crippen LogP contribution in [0, 0.1) is 0 Å². The lowest BCUT2D eigenvalue weighted by molar-refractivity contribution is -0.433. The fourth-order valence-electron chi connectivity index (χ4n) is 3.28. The van der Waals surface area contributed by atoms with Gasteiger partial charge in [-0.1, -0.05) is 6.92 Å². The predicted octanol–water partition coefficient (Wildman–Crippen LogP) is -0.919. The Balaban J connectivity index is 2.25. The van der Waals surface area contributed by atoms with Crippen molar-refractivity contribution in [1.82, 2.24) is 25.9 Å². The summed E-state index contributed by atoms with van der Waals surface area (Å²) in [6.45, 7) is 8.30. The molecule has 0 amide bonds. The van der Waals surface area contributed by atoms with Gasteiger partial charge in [-0.05, 0) is 41.5 Å². The topological polar surface area (TPSA) is 81.3 Å². The largest absolute Gasteiger partial charge is 0.389 e. The quantitative estimate of drug-likeness (QED) is 0.404. The SMILES string of the molecule is CCNC1(NC)CN(OC2CCO2)C1(NCC(C)(C)O)N(C)C. The molecule has 2 fully saturated rings. The maximum Gasteiger partial charge on any atom is 0.184 e. The normalized spacial score (nSPS) is 35.2. The van der Waals surface area contributed by atoms with Gasteiger partial charge in [-0.2, -0.15) is 0 Å². The smallest absolute Gasteiger partial charge is 0.184 e. The highest BCUT2D eigenvalue weighted by atomic mass is 16.8. The Kier molecular flexibility index (Phi) is 5.70. The lowest BCUT2D eigenvalue weighted by atomic mass is 9.88. The number of hydrogen-bond donors (Lipinski definition) is 4. The molecule has 0 bridgehead atoms. The summed E-state index contributed by atoms with van der Waals surface area (Å²) >= 11 is 0. The average molecular weight is 331 g/mol. The summed E-state index contributed by atoms with van der Waals surface area (Å²) in [6.07, 6.45) is 0.717. The molecule has 0 saturated carbocycles. The molecule has 2 rings (SSSR count). The first-order valence-corrected chi connectivity index (χ1v) is 8.35. The van der Waals surface area contributed by atoms with Crippen LogP contribution in [0.5, 0.6) is 0 Å². The van der Waals surface area contributed by atoms with Gasteiger partial charge in [-0.3, -0.25) is 25.7 Å². The lowest BCUT2D eigenvalue weighted by Crippen LogP contribution is -2.96. The van der Waals surface area contributed by atoms with Gasteiger partial charge in [-0.25, -0.2) is 0 Å². The minimum absolute atomic E-state index is 0.185. The number of nitrogens with one attached hydrogen (secondary N) is 3. The molecule has 3 atom stereocenters. The minimum atomic E-state index is -0.830. The van der Waals surface area contributed by atoms with E-state index in [4.69, 9.17) is 9.57 Å². The van der Waals surface area contributed by atoms with E-state index in [9.17, 15) is 5.11 Å². The minimum Gasteiger partial charge on any atom is -0.389 e. The van der Waals surface area contributed by atoms with Crippen LogP contribution in [0.3, 0.4) is 0 Å². The summed E-state index contributed by atoms with van der Waals surface area (Å²) in [6, 6.07) is 0. The fourth-order valence-corrected chi connectivity index (χ4v) is 3.28. The van der Waals surface area contributed by atoms with E-state index in [0.29, 0.717) is 13.1 Å². The van der Waals surface area contributed by atoms with Crippen molar-refractivity contribution in [3.63, 3.8) is 0 Å². The zero-order chi connectivity index (χ0) is 17.3. The third-order valence-electron chi connectivity index (χ3n) is 4.56. The monoisotopic (exact) mass is 331 g/mol. The molecule has 8 heteroatoms. The van der Waals surface area contributed by atoms with Gasteiger partial charge in [0, 0.05) is 13.0 Å². The molecule has 0 radical (unpaired) electrons. The third kappa shape index (κ3) is 3.40. The molecule has 0 aromatic rings. The van der Waals surface area contributed by atoms with Gasteiger partial charge in [-0.15, -0.1) is 5.06 Å². The standard InChI is InChI=1S/C15H33N5O3/c1-7-17-14(16-4)11-20(23-12-8-9-22-12)15(14,19(5)6)18-10-13(2,3)21/h12,16-18,21H,7-11H2,1-6H3. The molecular formula is C15H33N5O3. The highest BCUT2D eigenvalue weighted by Gasteiger charge is 2.67. The second-order valence-corrected chi connectivity index (χ2v) is 7.15. The molecule has 0 aromatic heterocycles. The van der Waals surface area contributed by atoms with Crippen molar-refractivity contribution < 1.29 is 14.7 Å². The number of likely N-dealkylation sites (N-methyl/N-ethyl adjacent to an activating group) is 3. The predicted molar refractivity (Wildman–Crippen MR) is 88.3 cm³/mol. The van der Waals surface area contributed by atoms with Gasteiger partial charge < -0.3 is 9.84 Å². The van der Waals surface area contributed by atoms with Gasteiger partial charge in [0.1, 0.15) is 5.66 Å². The molecule has 136 valence electrons. The lowest BCUT2D eigenvalue weighted by Gasteiger charge is -2.67. The number of hydrogen-bond acceptors (Lipinski definition) is 8. The van der Waals surface area contributed by atoms with Crippen molar-refractivity contribution in [2.45, 2.75) is 50.5 Å². The second kappa shape index (κ2) is 6.89. The number of rotatable bonds is 9. The molecular weight excluding hydrogens is 298 g/mol. The third-order valence-corrected chi connectivity index (χ3v) is 4.56. The van der Waals surface area contributed by atoms with E-state index in [1.165, 1.54) is 0 Å². The molecule has 0 spiro atoms. The van der Waals surface area contributed by atoms with Crippen LogP contribution in [0.25, 0.3) is 0 Å². The Morgan fingerprint density at radius 1 is 1.39 bits per heavy atom. The van der Waals surface area contributed by atoms with E-state index in [0.717, 1.165) is 19.6 Å². The zero-order valence-electron chi connectivity index (χ0n) is 15.3. The fraction of sp³-hybridized carbons (Fsp3) is 1.00. The first-order chi connectivity index (χ1) is 10.7. The number of nitrogens with zero attached hydrogens (tertiary/aromatic N) is 2. The van der Waals surface area contributed by atoms with Gasteiger partial charge in [0.05, 0.1) is 18.8 Å². The molecule has 3 unspecified atom stereocenters. The highest BCUT2D eigenvalue weighted by Crippen LogP contribution is 2.39. The zero-order valence-corrected chi connectivity index (χ0v) is 15.3. The van der Waals surface area contributed by atoms with E-state index in [-0.39, 0.29) is 6.29 Å². The summed E-state index contributed by atoms with van der Waals surface area (Å²) in [7, 11) is 5.93. The summed E-state index contributed by atoms with van der Waals surface area (Å²) in [5, 5.41) is 22.5. The van der Waals surface area contributed by atoms with Crippen molar-refractivity contribution in [2.75, 3.05) is 47.4 Å². The first kappa shape index (κ1) is 19.0. The summed E-state index contributed by atoms with van der Waals surface area (Å²) in [5.41, 5.74) is -1.23. The van der Waals surface area contributed by atoms with Crippen molar-refractivity contribution in [1.29, 1.82) is 0 Å². The Labute approximate surface area is 139 Å². The van der Waals surface area contributed by atoms with Crippen LogP contribution in [-0.4, -0.2) is 85.8 Å². The Hall–Kier alpha value is -0.320. The molecule has 4 N–H and O–H groups in total. The van der Waals surface area contributed by atoms with E-state index in [1.807, 2.05) is 26.2 Å². The first-order valence-electron chi connectivity index (χ1n) is 8.35. The van der Waals surface area contributed by atoms with E-state index < -0.39 is 17.1 Å². The van der Waals surface area contributed by atoms with Crippen LogP contribution in [-0.2, 0) is 9.57 Å². The average Bonchev–Trinajstić information content (AvgIpc) is 2.38. The van der Waals surface area contributed by atoms with Gasteiger partial charge >= 0.3 is 0 Å². The van der Waals surface area contributed by atoms with Crippen LogP contribution >= 0.6 is 0 Å². The molecule has 8 nitrogen and oxygen atoms in total. The molecule has 2 aliphatic rings. The van der Waals surface area contributed by atoms with Crippen LogP contribution in [0.1, 0.15) is 27.2 Å². The number of hydroxylamine groups is 2. The van der Waals surface area contributed by atoms with E-state index >= 15 is 0 Å². The van der Waals surface area contributed by atoms with Crippen LogP contribution in [0.4, 0.5) is 0 Å². The Bertz CT molecular complexity index is 399. The Morgan fingerprint density at radius 3 is 2.43 bits per heavy atom. The molecule has 2 heterocycles. The Morgan fingerprint density at radius 2 is 2.04 bits per heavy atom. The summed E-state index contributed by atoms with van der Waals surface area (Å²) < 4.78 is 5.42. The van der Waals surface area contributed by atoms with E-state index in [1.54, 1.807) is 13.8 Å². The van der Waals surface area contributed by atoms with Crippen molar-refractivity contribution in [2.24, 2.45) is 0 Å². The van der Waals surface area contributed by atoms with Crippen molar-refractivity contribution >= 4 is 0 Å². The van der Waals surface area contributed by atoms with Crippen LogP contribution in [0.15, 0.2) is 0 Å². The number of aliphatic hydroxyl groups is 1. The van der Waals surface area contributed by atoms with Crippen molar-refractivity contribution in [3.8, 4) is 0 Å². The second-order valence-electron chi connectivity index (χ2n) is 7.15. The van der Waals surface area contributed by atoms with Gasteiger partial charge in [0.15, 0.2) is 12.1 Å². The number of ether oxygens (including phenoxy) is 1. The molecule has 23 heavy (non-hydrogen) atoms. The van der Waals surface area contributed by atoms with E-state index in [2.05, 4.69) is 27.8 Å². The van der Waals surface area contributed by atoms with Crippen LogP contribution < -0.4 is 16.0 Å². The maximum absolute atomic E-state index is 10.2. The summed E-state index contributed by atoms with van der Waals surface area (Å²) in [4.78, 5) is 8.08. The van der Waals surface area contributed by atoms with Gasteiger partial charge in [0.2, 0.25) is 0 Å². The molecule has 2 aliphatic heterocycles.